The summed E-state index contributed by atoms with van der Waals surface area (Å²) in [5.74, 6) is 1.51. The van der Waals surface area contributed by atoms with Crippen LogP contribution in [0.4, 0.5) is 0 Å². The number of hydrogen-bond donors (Lipinski definition) is 1. The van der Waals surface area contributed by atoms with Crippen molar-refractivity contribution in [1.29, 1.82) is 0 Å². The molecule has 3 heteroatoms. The number of hydrogen-bond acceptors (Lipinski definition) is 3. The van der Waals surface area contributed by atoms with Crippen molar-refractivity contribution in [2.24, 2.45) is 0 Å². The normalized spacial score (nSPS) is 14.3. The third kappa shape index (κ3) is 0.959. The summed E-state index contributed by atoms with van der Waals surface area (Å²) < 4.78 is 5.22. The first-order valence-electron chi connectivity index (χ1n) is 3.37. The summed E-state index contributed by atoms with van der Waals surface area (Å²) in [5.41, 5.74) is 1.17. The lowest BCUT2D eigenvalue weighted by molar-refractivity contribution is 0.361. The zero-order valence-corrected chi connectivity index (χ0v) is 6.94. The average Bonchev–Trinajstić information content (AvgIpc) is 2.45. The van der Waals surface area contributed by atoms with Crippen LogP contribution in [0.2, 0.25) is 0 Å². The van der Waals surface area contributed by atoms with Crippen molar-refractivity contribution in [3.8, 4) is 11.5 Å². The fourth-order valence-electron chi connectivity index (χ4n) is 1.12. The van der Waals surface area contributed by atoms with Crippen molar-refractivity contribution >= 4 is 11.8 Å². The van der Waals surface area contributed by atoms with Crippen molar-refractivity contribution in [2.75, 3.05) is 5.94 Å². The van der Waals surface area contributed by atoms with Gasteiger partial charge in [-0.15, -0.1) is 0 Å². The van der Waals surface area contributed by atoms with Crippen LogP contribution in [-0.2, 0) is 0 Å². The molecule has 1 heterocycles. The highest BCUT2D eigenvalue weighted by atomic mass is 32.2. The summed E-state index contributed by atoms with van der Waals surface area (Å²) >= 11 is 1.63. The van der Waals surface area contributed by atoms with Crippen LogP contribution in [0.15, 0.2) is 17.0 Å². The SMILES string of the molecule is Cc1ccc(O)c2c1SCO2. The maximum atomic E-state index is 9.32. The molecule has 58 valence electrons. The second-order valence-corrected chi connectivity index (χ2v) is 3.40. The van der Waals surface area contributed by atoms with Gasteiger partial charge in [-0.3, -0.25) is 0 Å². The van der Waals surface area contributed by atoms with Gasteiger partial charge in [0.15, 0.2) is 11.5 Å². The van der Waals surface area contributed by atoms with Crippen LogP contribution in [0.1, 0.15) is 5.56 Å². The molecule has 0 radical (unpaired) electrons. The summed E-state index contributed by atoms with van der Waals surface area (Å²) in [6.45, 7) is 2.01. The molecular weight excluding hydrogens is 160 g/mol. The summed E-state index contributed by atoms with van der Waals surface area (Å²) in [6.07, 6.45) is 0. The number of aryl methyl sites for hydroxylation is 1. The Balaban J connectivity index is 2.64. The van der Waals surface area contributed by atoms with E-state index < -0.39 is 0 Å². The number of phenolic OH excluding ortho intramolecular Hbond substituents is 1. The first-order valence-corrected chi connectivity index (χ1v) is 4.36. The molecule has 2 nitrogen and oxygen atoms in total. The molecule has 0 spiro atoms. The molecule has 1 N–H and O–H groups in total. The highest BCUT2D eigenvalue weighted by Crippen LogP contribution is 2.44. The van der Waals surface area contributed by atoms with Crippen LogP contribution in [0, 0.1) is 6.92 Å². The lowest BCUT2D eigenvalue weighted by Gasteiger charge is -2.02. The highest BCUT2D eigenvalue weighted by molar-refractivity contribution is 7.99. The van der Waals surface area contributed by atoms with E-state index in [0.29, 0.717) is 11.7 Å². The molecule has 0 saturated heterocycles. The number of phenols is 1. The van der Waals surface area contributed by atoms with Crippen LogP contribution in [0.5, 0.6) is 11.5 Å². The van der Waals surface area contributed by atoms with Crippen LogP contribution in [0.25, 0.3) is 0 Å². The molecule has 0 unspecified atom stereocenters. The van der Waals surface area contributed by atoms with Crippen molar-refractivity contribution in [1.82, 2.24) is 0 Å². The van der Waals surface area contributed by atoms with Crippen molar-refractivity contribution in [3.05, 3.63) is 17.7 Å². The van der Waals surface area contributed by atoms with E-state index in [1.54, 1.807) is 17.8 Å². The zero-order valence-electron chi connectivity index (χ0n) is 6.13. The Morgan fingerprint density at radius 3 is 3.09 bits per heavy atom. The van der Waals surface area contributed by atoms with E-state index in [1.165, 1.54) is 5.56 Å². The molecule has 0 bridgehead atoms. The molecule has 1 aromatic rings. The van der Waals surface area contributed by atoms with Gasteiger partial charge in [-0.2, -0.15) is 0 Å². The van der Waals surface area contributed by atoms with Crippen LogP contribution < -0.4 is 4.74 Å². The summed E-state index contributed by atoms with van der Waals surface area (Å²) in [7, 11) is 0. The molecule has 0 fully saturated rings. The Hall–Kier alpha value is -0.830. The van der Waals surface area contributed by atoms with Gasteiger partial charge in [-0.1, -0.05) is 17.8 Å². The van der Waals surface area contributed by atoms with Crippen LogP contribution >= 0.6 is 11.8 Å². The van der Waals surface area contributed by atoms with Crippen molar-refractivity contribution in [3.63, 3.8) is 0 Å². The Labute approximate surface area is 69.2 Å². The highest BCUT2D eigenvalue weighted by Gasteiger charge is 2.18. The number of fused-ring (bicyclic) bond motifs is 1. The maximum Gasteiger partial charge on any atom is 0.176 e. The third-order valence-corrected chi connectivity index (χ3v) is 2.73. The Bertz CT molecular complexity index is 267. The molecule has 0 amide bonds. The van der Waals surface area contributed by atoms with E-state index in [-0.39, 0.29) is 5.75 Å². The van der Waals surface area contributed by atoms with Crippen LogP contribution in [-0.4, -0.2) is 11.0 Å². The van der Waals surface area contributed by atoms with Gasteiger partial charge in [0.2, 0.25) is 0 Å². The minimum absolute atomic E-state index is 0.246. The summed E-state index contributed by atoms with van der Waals surface area (Å²) in [5, 5.41) is 9.32. The van der Waals surface area contributed by atoms with Gasteiger partial charge in [0.25, 0.3) is 0 Å². The third-order valence-electron chi connectivity index (χ3n) is 1.69. The molecule has 11 heavy (non-hydrogen) atoms. The fraction of sp³-hybridized carbons (Fsp3) is 0.250. The minimum atomic E-state index is 0.246. The van der Waals surface area contributed by atoms with Gasteiger partial charge in [0.1, 0.15) is 5.94 Å². The van der Waals surface area contributed by atoms with Gasteiger partial charge < -0.3 is 9.84 Å². The van der Waals surface area contributed by atoms with E-state index in [0.717, 1.165) is 4.90 Å². The quantitative estimate of drug-likeness (QED) is 0.643. The molecule has 1 aromatic carbocycles. The first kappa shape index (κ1) is 6.85. The predicted molar refractivity (Wildman–Crippen MR) is 44.2 cm³/mol. The largest absolute Gasteiger partial charge is 0.504 e. The number of ether oxygens (including phenoxy) is 1. The maximum absolute atomic E-state index is 9.32. The number of benzene rings is 1. The van der Waals surface area contributed by atoms with Crippen molar-refractivity contribution in [2.45, 2.75) is 11.8 Å². The van der Waals surface area contributed by atoms with Crippen LogP contribution in [0.3, 0.4) is 0 Å². The summed E-state index contributed by atoms with van der Waals surface area (Å²) in [4.78, 5) is 1.07. The Kier molecular flexibility index (Phi) is 1.46. The lowest BCUT2D eigenvalue weighted by atomic mass is 10.2. The van der Waals surface area contributed by atoms with Crippen molar-refractivity contribution < 1.29 is 9.84 Å². The monoisotopic (exact) mass is 168 g/mol. The van der Waals surface area contributed by atoms with Gasteiger partial charge >= 0.3 is 0 Å². The molecule has 0 atom stereocenters. The average molecular weight is 168 g/mol. The van der Waals surface area contributed by atoms with Gasteiger partial charge in [-0.05, 0) is 18.6 Å². The van der Waals surface area contributed by atoms with Gasteiger partial charge in [0, 0.05) is 0 Å². The van der Waals surface area contributed by atoms with E-state index >= 15 is 0 Å². The first-order chi connectivity index (χ1) is 5.29. The van der Waals surface area contributed by atoms with E-state index in [9.17, 15) is 5.11 Å². The predicted octanol–water partition coefficient (Wildman–Crippen LogP) is 2.14. The van der Waals surface area contributed by atoms with Gasteiger partial charge in [0.05, 0.1) is 4.90 Å². The Morgan fingerprint density at radius 2 is 2.36 bits per heavy atom. The molecule has 2 rings (SSSR count). The van der Waals surface area contributed by atoms with E-state index in [4.69, 9.17) is 4.74 Å². The molecule has 1 aliphatic heterocycles. The second kappa shape index (κ2) is 2.34. The minimum Gasteiger partial charge on any atom is -0.504 e. The summed E-state index contributed by atoms with van der Waals surface area (Å²) in [6, 6.07) is 3.57. The van der Waals surface area contributed by atoms with E-state index in [2.05, 4.69) is 0 Å². The lowest BCUT2D eigenvalue weighted by Crippen LogP contribution is -1.83. The van der Waals surface area contributed by atoms with Gasteiger partial charge in [-0.25, -0.2) is 0 Å². The second-order valence-electron chi connectivity index (χ2n) is 2.47. The standard InChI is InChI=1S/C8H8O2S/c1-5-2-3-6(9)7-8(5)11-4-10-7/h2-3,9H,4H2,1H3. The van der Waals surface area contributed by atoms with E-state index in [1.807, 2.05) is 13.0 Å². The molecular formula is C8H8O2S. The molecule has 0 aromatic heterocycles. The topological polar surface area (TPSA) is 29.5 Å². The smallest absolute Gasteiger partial charge is 0.176 e. The Morgan fingerprint density at radius 1 is 1.55 bits per heavy atom. The number of aromatic hydroxyl groups is 1. The number of thioether (sulfide) groups is 1. The molecule has 0 saturated carbocycles. The number of rotatable bonds is 0. The molecule has 0 aliphatic carbocycles. The zero-order chi connectivity index (χ0) is 7.84. The molecule has 1 aliphatic rings. The fourth-order valence-corrected chi connectivity index (χ4v) is 2.00.